The molecule has 78 valence electrons. The zero-order chi connectivity index (χ0) is 10.7. The Morgan fingerprint density at radius 3 is 2.60 bits per heavy atom. The van der Waals surface area contributed by atoms with Crippen molar-refractivity contribution in [1.82, 2.24) is 9.55 Å². The quantitative estimate of drug-likeness (QED) is 0.775. The molecule has 0 fully saturated rings. The van der Waals surface area contributed by atoms with Gasteiger partial charge in [-0.2, -0.15) is 0 Å². The van der Waals surface area contributed by atoms with E-state index in [2.05, 4.69) is 4.98 Å². The third kappa shape index (κ3) is 1.85. The minimum atomic E-state index is -0.315. The van der Waals surface area contributed by atoms with E-state index in [-0.39, 0.29) is 18.3 Å². The highest BCUT2D eigenvalue weighted by atomic mass is 16.3. The van der Waals surface area contributed by atoms with E-state index in [1.165, 1.54) is 4.57 Å². The second kappa shape index (κ2) is 4.14. The summed E-state index contributed by atoms with van der Waals surface area (Å²) in [6, 6.07) is 9.13. The lowest BCUT2D eigenvalue weighted by molar-refractivity contribution is 0.247. The van der Waals surface area contributed by atoms with Crippen LogP contribution in [-0.4, -0.2) is 21.3 Å². The summed E-state index contributed by atoms with van der Waals surface area (Å²) in [5.74, 6) is 0. The van der Waals surface area contributed by atoms with Crippen LogP contribution in [0.2, 0.25) is 0 Å². The van der Waals surface area contributed by atoms with E-state index >= 15 is 0 Å². The van der Waals surface area contributed by atoms with E-state index in [0.717, 1.165) is 5.56 Å². The SMILES string of the molecule is O=c1[nH]ccn1[C@@H](CO)c1ccccc1. The van der Waals surface area contributed by atoms with Crippen molar-refractivity contribution in [1.29, 1.82) is 0 Å². The number of hydrogen-bond acceptors (Lipinski definition) is 2. The zero-order valence-electron chi connectivity index (χ0n) is 8.13. The first-order chi connectivity index (χ1) is 7.33. The van der Waals surface area contributed by atoms with Gasteiger partial charge in [-0.1, -0.05) is 30.3 Å². The third-order valence-corrected chi connectivity index (χ3v) is 2.37. The van der Waals surface area contributed by atoms with Gasteiger partial charge >= 0.3 is 5.69 Å². The van der Waals surface area contributed by atoms with Gasteiger partial charge in [-0.05, 0) is 5.56 Å². The van der Waals surface area contributed by atoms with Crippen LogP contribution < -0.4 is 5.69 Å². The maximum Gasteiger partial charge on any atom is 0.326 e. The van der Waals surface area contributed by atoms with Crippen molar-refractivity contribution >= 4 is 0 Å². The molecular weight excluding hydrogens is 192 g/mol. The van der Waals surface area contributed by atoms with Crippen LogP contribution in [0, 0.1) is 0 Å². The molecule has 2 N–H and O–H groups in total. The second-order valence-corrected chi connectivity index (χ2v) is 3.28. The summed E-state index contributed by atoms with van der Waals surface area (Å²) in [6.07, 6.45) is 3.20. The molecule has 0 aliphatic rings. The molecule has 0 bridgehead atoms. The number of imidazole rings is 1. The fraction of sp³-hybridized carbons (Fsp3) is 0.182. The van der Waals surface area contributed by atoms with Gasteiger partial charge in [0.15, 0.2) is 0 Å². The van der Waals surface area contributed by atoms with E-state index < -0.39 is 0 Å². The number of aromatic amines is 1. The third-order valence-electron chi connectivity index (χ3n) is 2.37. The fourth-order valence-electron chi connectivity index (χ4n) is 1.61. The number of H-pyrrole nitrogens is 1. The van der Waals surface area contributed by atoms with Crippen LogP contribution in [0.3, 0.4) is 0 Å². The van der Waals surface area contributed by atoms with Gasteiger partial charge in [0, 0.05) is 12.4 Å². The maximum atomic E-state index is 11.4. The normalized spacial score (nSPS) is 12.6. The maximum absolute atomic E-state index is 11.4. The molecule has 0 saturated carbocycles. The molecule has 15 heavy (non-hydrogen) atoms. The lowest BCUT2D eigenvalue weighted by atomic mass is 10.1. The predicted molar refractivity (Wildman–Crippen MR) is 56.7 cm³/mol. The monoisotopic (exact) mass is 204 g/mol. The van der Waals surface area contributed by atoms with Crippen molar-refractivity contribution in [2.75, 3.05) is 6.61 Å². The van der Waals surface area contributed by atoms with Gasteiger partial charge in [0.05, 0.1) is 12.6 Å². The smallest absolute Gasteiger partial charge is 0.326 e. The van der Waals surface area contributed by atoms with Crippen LogP contribution in [0.25, 0.3) is 0 Å². The van der Waals surface area contributed by atoms with E-state index in [4.69, 9.17) is 0 Å². The van der Waals surface area contributed by atoms with Crippen LogP contribution in [-0.2, 0) is 0 Å². The number of nitrogens with zero attached hydrogens (tertiary/aromatic N) is 1. The molecule has 0 aliphatic carbocycles. The molecule has 1 aromatic carbocycles. The first-order valence-electron chi connectivity index (χ1n) is 4.74. The first-order valence-corrected chi connectivity index (χ1v) is 4.74. The molecule has 0 amide bonds. The van der Waals surface area contributed by atoms with Crippen molar-refractivity contribution in [3.05, 3.63) is 58.8 Å². The topological polar surface area (TPSA) is 58.0 Å². The highest BCUT2D eigenvalue weighted by Gasteiger charge is 2.13. The summed E-state index contributed by atoms with van der Waals surface area (Å²) < 4.78 is 1.48. The Balaban J connectivity index is 2.42. The molecule has 1 atom stereocenters. The largest absolute Gasteiger partial charge is 0.394 e. The number of hydrogen-bond donors (Lipinski definition) is 2. The van der Waals surface area contributed by atoms with Crippen LogP contribution in [0.15, 0.2) is 47.5 Å². The van der Waals surface area contributed by atoms with Gasteiger partial charge < -0.3 is 10.1 Å². The zero-order valence-corrected chi connectivity index (χ0v) is 8.13. The lowest BCUT2D eigenvalue weighted by Crippen LogP contribution is -2.24. The predicted octanol–water partition coefficient (Wildman–Crippen LogP) is 0.758. The molecule has 1 heterocycles. The molecular formula is C11H12N2O2. The Bertz CT molecular complexity index is 473. The minimum absolute atomic E-state index is 0.0955. The number of nitrogens with one attached hydrogen (secondary N) is 1. The van der Waals surface area contributed by atoms with Gasteiger partial charge in [0.1, 0.15) is 0 Å². The van der Waals surface area contributed by atoms with Crippen LogP contribution in [0.1, 0.15) is 11.6 Å². The number of aliphatic hydroxyl groups is 1. The number of rotatable bonds is 3. The van der Waals surface area contributed by atoms with Crippen LogP contribution >= 0.6 is 0 Å². The second-order valence-electron chi connectivity index (χ2n) is 3.28. The fourth-order valence-corrected chi connectivity index (χ4v) is 1.61. The highest BCUT2D eigenvalue weighted by Crippen LogP contribution is 2.14. The van der Waals surface area contributed by atoms with Crippen molar-refractivity contribution in [2.45, 2.75) is 6.04 Å². The number of aromatic nitrogens is 2. The van der Waals surface area contributed by atoms with Gasteiger partial charge in [0.2, 0.25) is 0 Å². The summed E-state index contributed by atoms with van der Waals surface area (Å²) >= 11 is 0. The molecule has 0 unspecified atom stereocenters. The van der Waals surface area contributed by atoms with Gasteiger partial charge in [-0.25, -0.2) is 4.79 Å². The molecule has 0 saturated heterocycles. The Labute approximate surface area is 86.8 Å². The van der Waals surface area contributed by atoms with Gasteiger partial charge in [0.25, 0.3) is 0 Å². The Kier molecular flexibility index (Phi) is 2.69. The first kappa shape index (κ1) is 9.73. The summed E-state index contributed by atoms with van der Waals surface area (Å²) in [7, 11) is 0. The Morgan fingerprint density at radius 2 is 2.07 bits per heavy atom. The standard InChI is InChI=1S/C11H12N2O2/c14-8-10(9-4-2-1-3-5-9)13-7-6-12-11(13)15/h1-7,10,14H,8H2,(H,12,15)/t10-/m0/s1. The molecule has 1 aromatic heterocycles. The molecule has 0 radical (unpaired) electrons. The average molecular weight is 204 g/mol. The lowest BCUT2D eigenvalue weighted by Gasteiger charge is -2.14. The molecule has 0 spiro atoms. The number of benzene rings is 1. The minimum Gasteiger partial charge on any atom is -0.394 e. The summed E-state index contributed by atoms with van der Waals surface area (Å²) in [6.45, 7) is -0.0955. The van der Waals surface area contributed by atoms with E-state index in [9.17, 15) is 9.90 Å². The van der Waals surface area contributed by atoms with E-state index in [1.54, 1.807) is 12.4 Å². The Morgan fingerprint density at radius 1 is 1.33 bits per heavy atom. The summed E-state index contributed by atoms with van der Waals surface area (Å²) in [5.41, 5.74) is 0.708. The van der Waals surface area contributed by atoms with Crippen molar-refractivity contribution < 1.29 is 5.11 Å². The van der Waals surface area contributed by atoms with Crippen molar-refractivity contribution in [3.8, 4) is 0 Å². The highest BCUT2D eigenvalue weighted by molar-refractivity contribution is 5.19. The van der Waals surface area contributed by atoms with E-state index in [1.807, 2.05) is 30.3 Å². The summed E-state index contributed by atoms with van der Waals surface area (Å²) in [5, 5.41) is 9.30. The van der Waals surface area contributed by atoms with Crippen molar-refractivity contribution in [2.24, 2.45) is 0 Å². The summed E-state index contributed by atoms with van der Waals surface area (Å²) in [4.78, 5) is 13.9. The molecule has 4 nitrogen and oxygen atoms in total. The molecule has 4 heteroatoms. The molecule has 2 rings (SSSR count). The van der Waals surface area contributed by atoms with E-state index in [0.29, 0.717) is 0 Å². The molecule has 0 aliphatic heterocycles. The average Bonchev–Trinajstić information content (AvgIpc) is 2.68. The van der Waals surface area contributed by atoms with Crippen LogP contribution in [0.4, 0.5) is 0 Å². The number of aliphatic hydroxyl groups excluding tert-OH is 1. The Hall–Kier alpha value is -1.81. The van der Waals surface area contributed by atoms with Gasteiger partial charge in [-0.3, -0.25) is 4.57 Å². The van der Waals surface area contributed by atoms with Crippen molar-refractivity contribution in [3.63, 3.8) is 0 Å². The van der Waals surface area contributed by atoms with Gasteiger partial charge in [-0.15, -0.1) is 0 Å². The van der Waals surface area contributed by atoms with Crippen LogP contribution in [0.5, 0.6) is 0 Å². The molecule has 2 aromatic rings.